The van der Waals surface area contributed by atoms with E-state index >= 15 is 0 Å². The molecular weight excluding hydrogens is 548 g/mol. The van der Waals surface area contributed by atoms with Crippen molar-refractivity contribution in [3.05, 3.63) is 66.7 Å². The first kappa shape index (κ1) is 30.0. The van der Waals surface area contributed by atoms with Crippen LogP contribution in [0.4, 0.5) is 15.8 Å². The number of rotatable bonds is 4. The first-order chi connectivity index (χ1) is 17.2. The van der Waals surface area contributed by atoms with Gasteiger partial charge < -0.3 is 14.5 Å². The van der Waals surface area contributed by atoms with E-state index in [0.717, 1.165) is 85.7 Å². The molecule has 0 aliphatic carbocycles. The van der Waals surface area contributed by atoms with Crippen LogP contribution in [0.2, 0.25) is 0 Å². The first-order valence-electron chi connectivity index (χ1n) is 12.4. The van der Waals surface area contributed by atoms with Crippen LogP contribution in [0, 0.1) is 5.82 Å². The summed E-state index contributed by atoms with van der Waals surface area (Å²) in [5.74, 6) is 0.668. The predicted molar refractivity (Wildman–Crippen MR) is 161 cm³/mol. The highest BCUT2D eigenvalue weighted by Gasteiger charge is 2.29. The molecule has 4 heterocycles. The van der Waals surface area contributed by atoms with Gasteiger partial charge in [0.15, 0.2) is 0 Å². The molecular formula is C28H33Cl3FN5O. The van der Waals surface area contributed by atoms with Gasteiger partial charge >= 0.3 is 0 Å². The van der Waals surface area contributed by atoms with Crippen molar-refractivity contribution < 1.29 is 9.13 Å². The van der Waals surface area contributed by atoms with Crippen LogP contribution < -0.4 is 14.5 Å². The van der Waals surface area contributed by atoms with Crippen molar-refractivity contribution in [3.63, 3.8) is 0 Å². The van der Waals surface area contributed by atoms with Crippen LogP contribution in [0.25, 0.3) is 21.8 Å². The van der Waals surface area contributed by atoms with Crippen LogP contribution in [0.5, 0.6) is 5.75 Å². The van der Waals surface area contributed by atoms with Gasteiger partial charge in [-0.1, -0.05) is 6.07 Å². The predicted octanol–water partition coefficient (Wildman–Crippen LogP) is 5.99. The van der Waals surface area contributed by atoms with Crippen LogP contribution in [0.3, 0.4) is 0 Å². The summed E-state index contributed by atoms with van der Waals surface area (Å²) < 4.78 is 19.8. The zero-order valence-electron chi connectivity index (χ0n) is 21.3. The second-order valence-electron chi connectivity index (χ2n) is 9.43. The smallest absolute Gasteiger partial charge is 0.132 e. The highest BCUT2D eigenvalue weighted by atomic mass is 35.5. The molecule has 0 saturated carbocycles. The summed E-state index contributed by atoms with van der Waals surface area (Å²) in [6.45, 7) is 5.96. The van der Waals surface area contributed by atoms with Crippen molar-refractivity contribution in [3.8, 4) is 5.75 Å². The number of piperazine rings is 1. The normalized spacial score (nSPS) is 16.5. The van der Waals surface area contributed by atoms with Gasteiger partial charge in [0.05, 0.1) is 29.5 Å². The monoisotopic (exact) mass is 579 g/mol. The minimum atomic E-state index is -0.205. The van der Waals surface area contributed by atoms with Crippen LogP contribution in [-0.4, -0.2) is 67.3 Å². The Balaban J connectivity index is 0.00000133. The average Bonchev–Trinajstić information content (AvgIpc) is 2.93. The van der Waals surface area contributed by atoms with E-state index in [1.807, 2.05) is 24.4 Å². The number of hydrogen-bond donors (Lipinski definition) is 0. The molecule has 6 rings (SSSR count). The third kappa shape index (κ3) is 5.71. The van der Waals surface area contributed by atoms with E-state index in [0.29, 0.717) is 11.4 Å². The van der Waals surface area contributed by atoms with Gasteiger partial charge in [-0.3, -0.25) is 14.9 Å². The Kier molecular flexibility index (Phi) is 10.2. The number of anilines is 2. The number of halogens is 4. The van der Waals surface area contributed by atoms with Crippen molar-refractivity contribution in [2.24, 2.45) is 0 Å². The minimum absolute atomic E-state index is 0. The maximum atomic E-state index is 14.2. The molecule has 2 saturated heterocycles. The van der Waals surface area contributed by atoms with Crippen molar-refractivity contribution in [1.29, 1.82) is 0 Å². The van der Waals surface area contributed by atoms with Gasteiger partial charge in [-0.2, -0.15) is 0 Å². The lowest BCUT2D eigenvalue weighted by atomic mass is 10.0. The lowest BCUT2D eigenvalue weighted by molar-refractivity contribution is 0.160. The molecule has 0 amide bonds. The van der Waals surface area contributed by atoms with Gasteiger partial charge in [0.2, 0.25) is 0 Å². The molecule has 2 aliphatic rings. The molecule has 204 valence electrons. The van der Waals surface area contributed by atoms with Gasteiger partial charge in [-0.15, -0.1) is 37.2 Å². The summed E-state index contributed by atoms with van der Waals surface area (Å²) >= 11 is 0. The highest BCUT2D eigenvalue weighted by molar-refractivity contribution is 5.93. The Morgan fingerprint density at radius 2 is 1.42 bits per heavy atom. The molecule has 0 radical (unpaired) electrons. The summed E-state index contributed by atoms with van der Waals surface area (Å²) in [6.07, 6.45) is 5.82. The maximum absolute atomic E-state index is 14.2. The van der Waals surface area contributed by atoms with Gasteiger partial charge in [0.1, 0.15) is 11.6 Å². The molecule has 2 fully saturated rings. The number of fused-ring (bicyclic) bond motifs is 2. The third-order valence-corrected chi connectivity index (χ3v) is 7.57. The Bertz CT molecular complexity index is 1360. The zero-order valence-corrected chi connectivity index (χ0v) is 23.7. The van der Waals surface area contributed by atoms with E-state index in [-0.39, 0.29) is 43.0 Å². The summed E-state index contributed by atoms with van der Waals surface area (Å²) in [4.78, 5) is 16.6. The van der Waals surface area contributed by atoms with Gasteiger partial charge in [-0.05, 0) is 49.2 Å². The molecule has 0 bridgehead atoms. The molecule has 2 aromatic heterocycles. The first-order valence-corrected chi connectivity index (χ1v) is 12.4. The Morgan fingerprint density at radius 1 is 0.763 bits per heavy atom. The van der Waals surface area contributed by atoms with Crippen molar-refractivity contribution in [2.75, 3.05) is 56.2 Å². The molecule has 2 aliphatic heterocycles. The SMILES string of the molecule is COc1cc(N2CCN(C3CCN(c4ccc(F)c5cccnc45)CC3)CC2)c2ncccc2c1.Cl.Cl.Cl. The van der Waals surface area contributed by atoms with Gasteiger partial charge in [0, 0.05) is 74.5 Å². The fraction of sp³-hybridized carbons (Fsp3) is 0.357. The summed E-state index contributed by atoms with van der Waals surface area (Å²) in [6, 6.07) is 15.9. The molecule has 0 N–H and O–H groups in total. The number of pyridine rings is 2. The number of hydrogen-bond acceptors (Lipinski definition) is 6. The maximum Gasteiger partial charge on any atom is 0.132 e. The van der Waals surface area contributed by atoms with Crippen molar-refractivity contribution >= 4 is 70.4 Å². The van der Waals surface area contributed by atoms with Crippen LogP contribution in [0.1, 0.15) is 12.8 Å². The number of nitrogens with zero attached hydrogens (tertiary/aromatic N) is 5. The Morgan fingerprint density at radius 3 is 2.13 bits per heavy atom. The minimum Gasteiger partial charge on any atom is -0.497 e. The average molecular weight is 581 g/mol. The van der Waals surface area contributed by atoms with Gasteiger partial charge in [-0.25, -0.2) is 4.39 Å². The van der Waals surface area contributed by atoms with E-state index in [4.69, 9.17) is 4.74 Å². The molecule has 4 aromatic rings. The molecule has 0 atom stereocenters. The molecule has 0 unspecified atom stereocenters. The number of methoxy groups -OCH3 is 1. The number of ether oxygens (including phenoxy) is 1. The second-order valence-corrected chi connectivity index (χ2v) is 9.43. The van der Waals surface area contributed by atoms with Crippen molar-refractivity contribution in [2.45, 2.75) is 18.9 Å². The molecule has 6 nitrogen and oxygen atoms in total. The van der Waals surface area contributed by atoms with E-state index in [1.54, 1.807) is 25.4 Å². The van der Waals surface area contributed by atoms with E-state index in [1.165, 1.54) is 0 Å². The lowest BCUT2D eigenvalue weighted by Crippen LogP contribution is -2.53. The van der Waals surface area contributed by atoms with Crippen LogP contribution in [-0.2, 0) is 0 Å². The summed E-state index contributed by atoms with van der Waals surface area (Å²) in [5, 5.41) is 1.71. The molecule has 0 spiro atoms. The molecule has 10 heteroatoms. The zero-order chi connectivity index (χ0) is 23.8. The Labute approximate surface area is 241 Å². The largest absolute Gasteiger partial charge is 0.497 e. The molecule has 2 aromatic carbocycles. The van der Waals surface area contributed by atoms with Crippen LogP contribution in [0.15, 0.2) is 60.9 Å². The van der Waals surface area contributed by atoms with Gasteiger partial charge in [0.25, 0.3) is 0 Å². The molecule has 38 heavy (non-hydrogen) atoms. The number of piperidine rings is 1. The quantitative estimate of drug-likeness (QED) is 0.296. The standard InChI is InChI=1S/C28H30FN5O.3ClH/c1-35-22-18-20-4-2-10-30-27(20)26(19-22)34-16-14-32(15-17-34)21-8-12-33(13-9-21)25-7-6-24(29)23-5-3-11-31-28(23)25;;;/h2-7,10-11,18-19,21H,8-9,12-17H2,1H3;3*1H. The van der Waals surface area contributed by atoms with Crippen molar-refractivity contribution in [1.82, 2.24) is 14.9 Å². The third-order valence-electron chi connectivity index (χ3n) is 7.57. The summed E-state index contributed by atoms with van der Waals surface area (Å²) in [7, 11) is 1.72. The van der Waals surface area contributed by atoms with E-state index in [9.17, 15) is 4.39 Å². The summed E-state index contributed by atoms with van der Waals surface area (Å²) in [5.41, 5.74) is 4.00. The van der Waals surface area contributed by atoms with E-state index in [2.05, 4.69) is 42.9 Å². The topological polar surface area (TPSA) is 44.7 Å². The number of benzene rings is 2. The lowest BCUT2D eigenvalue weighted by Gasteiger charge is -2.44. The highest BCUT2D eigenvalue weighted by Crippen LogP contribution is 2.33. The fourth-order valence-corrected chi connectivity index (χ4v) is 5.68. The number of aromatic nitrogens is 2. The van der Waals surface area contributed by atoms with E-state index < -0.39 is 0 Å². The Hall–Kier alpha value is -2.58. The van der Waals surface area contributed by atoms with Crippen LogP contribution >= 0.6 is 37.2 Å². The fourth-order valence-electron chi connectivity index (χ4n) is 5.68. The second kappa shape index (κ2) is 13.0.